The molecule has 2 aromatic heterocycles. The first-order valence-corrected chi connectivity index (χ1v) is 10.3. The summed E-state index contributed by atoms with van der Waals surface area (Å²) < 4.78 is 0. The summed E-state index contributed by atoms with van der Waals surface area (Å²) in [5.74, 6) is 0.865. The van der Waals surface area contributed by atoms with Crippen LogP contribution in [0.5, 0.6) is 0 Å². The summed E-state index contributed by atoms with van der Waals surface area (Å²) in [5.41, 5.74) is 1.17. The van der Waals surface area contributed by atoms with Gasteiger partial charge in [0.15, 0.2) is 0 Å². The quantitative estimate of drug-likeness (QED) is 0.721. The highest BCUT2D eigenvalue weighted by molar-refractivity contribution is 7.21. The molecule has 1 fully saturated rings. The minimum absolute atomic E-state index is 0.139. The summed E-state index contributed by atoms with van der Waals surface area (Å²) >= 11 is 1.64. The van der Waals surface area contributed by atoms with E-state index in [1.165, 1.54) is 12.0 Å². The predicted molar refractivity (Wildman–Crippen MR) is 111 cm³/mol. The topological polar surface area (TPSA) is 58.1 Å². The number of amides is 1. The van der Waals surface area contributed by atoms with Crippen molar-refractivity contribution >= 4 is 33.3 Å². The fraction of sp³-hybridized carbons (Fsp3) is 0.381. The standard InChI is InChI=1S/C21H24N4OS/c1-14-7-6-8-15(2)25(14)19(26)12-22-20-17-11-18(16-9-4-3-5-10-16)27-21(17)24-13-23-20/h3-5,9-11,13-15H,6-8,12H2,1-2H3,(H,22,23,24). The van der Waals surface area contributed by atoms with Crippen molar-refractivity contribution in [3.05, 3.63) is 42.7 Å². The molecule has 2 unspecified atom stereocenters. The van der Waals surface area contributed by atoms with E-state index in [0.29, 0.717) is 12.1 Å². The van der Waals surface area contributed by atoms with E-state index in [4.69, 9.17) is 0 Å². The number of aromatic nitrogens is 2. The minimum atomic E-state index is 0.139. The van der Waals surface area contributed by atoms with Crippen molar-refractivity contribution in [2.45, 2.75) is 45.2 Å². The van der Waals surface area contributed by atoms with Crippen LogP contribution in [0.15, 0.2) is 42.7 Å². The third kappa shape index (κ3) is 3.67. The molecule has 0 saturated carbocycles. The fourth-order valence-corrected chi connectivity index (χ4v) is 4.91. The molecule has 1 saturated heterocycles. The maximum Gasteiger partial charge on any atom is 0.242 e. The number of piperidine rings is 1. The molecule has 1 aromatic carbocycles. The lowest BCUT2D eigenvalue weighted by Crippen LogP contribution is -2.49. The van der Waals surface area contributed by atoms with Crippen LogP contribution in [0.2, 0.25) is 0 Å². The Morgan fingerprint density at radius 1 is 1.19 bits per heavy atom. The van der Waals surface area contributed by atoms with Crippen molar-refractivity contribution in [2.24, 2.45) is 0 Å². The molecule has 0 bridgehead atoms. The van der Waals surface area contributed by atoms with Gasteiger partial charge in [0, 0.05) is 17.0 Å². The smallest absolute Gasteiger partial charge is 0.242 e. The summed E-state index contributed by atoms with van der Waals surface area (Å²) in [6, 6.07) is 13.0. The van der Waals surface area contributed by atoms with Gasteiger partial charge in [0.05, 0.1) is 11.9 Å². The Kier molecular flexibility index (Phi) is 5.07. The van der Waals surface area contributed by atoms with Crippen molar-refractivity contribution in [1.82, 2.24) is 14.9 Å². The first-order valence-electron chi connectivity index (χ1n) is 9.48. The lowest BCUT2D eigenvalue weighted by Gasteiger charge is -2.39. The lowest BCUT2D eigenvalue weighted by molar-refractivity contribution is -0.135. The van der Waals surface area contributed by atoms with Crippen LogP contribution < -0.4 is 5.32 Å². The first kappa shape index (κ1) is 17.9. The number of carbonyl (C=O) groups excluding carboxylic acids is 1. The molecule has 0 aliphatic carbocycles. The molecule has 1 aliphatic rings. The number of hydrogen-bond acceptors (Lipinski definition) is 5. The highest BCUT2D eigenvalue weighted by Gasteiger charge is 2.28. The van der Waals surface area contributed by atoms with E-state index in [1.54, 1.807) is 17.7 Å². The van der Waals surface area contributed by atoms with Gasteiger partial charge in [-0.25, -0.2) is 9.97 Å². The van der Waals surface area contributed by atoms with Crippen molar-refractivity contribution in [2.75, 3.05) is 11.9 Å². The average molecular weight is 381 g/mol. The Hall–Kier alpha value is -2.47. The Labute approximate surface area is 163 Å². The summed E-state index contributed by atoms with van der Waals surface area (Å²) in [6.45, 7) is 4.54. The van der Waals surface area contributed by atoms with Gasteiger partial charge in [-0.1, -0.05) is 30.3 Å². The average Bonchev–Trinajstić information content (AvgIpc) is 3.12. The number of rotatable bonds is 4. The van der Waals surface area contributed by atoms with Crippen molar-refractivity contribution in [3.63, 3.8) is 0 Å². The van der Waals surface area contributed by atoms with Crippen LogP contribution in [-0.2, 0) is 4.79 Å². The Morgan fingerprint density at radius 2 is 1.93 bits per heavy atom. The zero-order valence-corrected chi connectivity index (χ0v) is 16.5. The number of carbonyl (C=O) groups is 1. The highest BCUT2D eigenvalue weighted by atomic mass is 32.1. The largest absolute Gasteiger partial charge is 0.360 e. The summed E-state index contributed by atoms with van der Waals surface area (Å²) in [5, 5.41) is 4.22. The van der Waals surface area contributed by atoms with Crippen LogP contribution >= 0.6 is 11.3 Å². The molecule has 3 heterocycles. The summed E-state index contributed by atoms with van der Waals surface area (Å²) in [6.07, 6.45) is 4.92. The van der Waals surface area contributed by atoms with Gasteiger partial charge in [-0.05, 0) is 44.7 Å². The van der Waals surface area contributed by atoms with Crippen LogP contribution in [0.4, 0.5) is 5.82 Å². The molecule has 1 aliphatic heterocycles. The van der Waals surface area contributed by atoms with Crippen LogP contribution in [0.1, 0.15) is 33.1 Å². The molecule has 140 valence electrons. The predicted octanol–water partition coefficient (Wildman–Crippen LogP) is 4.56. The molecule has 3 aromatic rings. The number of anilines is 1. The fourth-order valence-electron chi connectivity index (χ4n) is 3.90. The number of benzene rings is 1. The van der Waals surface area contributed by atoms with Crippen LogP contribution in [0.3, 0.4) is 0 Å². The van der Waals surface area contributed by atoms with E-state index >= 15 is 0 Å². The number of hydrogen-bond donors (Lipinski definition) is 1. The van der Waals surface area contributed by atoms with Crippen LogP contribution in [0.25, 0.3) is 20.7 Å². The van der Waals surface area contributed by atoms with Gasteiger partial charge in [-0.2, -0.15) is 0 Å². The number of nitrogens with one attached hydrogen (secondary N) is 1. The second kappa shape index (κ2) is 7.64. The zero-order valence-electron chi connectivity index (χ0n) is 15.7. The van der Waals surface area contributed by atoms with E-state index in [1.807, 2.05) is 23.1 Å². The van der Waals surface area contributed by atoms with Crippen LogP contribution in [-0.4, -0.2) is 39.4 Å². The van der Waals surface area contributed by atoms with Gasteiger partial charge in [0.1, 0.15) is 17.0 Å². The number of thiophene rings is 1. The van der Waals surface area contributed by atoms with Gasteiger partial charge >= 0.3 is 0 Å². The number of fused-ring (bicyclic) bond motifs is 1. The van der Waals surface area contributed by atoms with Crippen molar-refractivity contribution in [1.29, 1.82) is 0 Å². The highest BCUT2D eigenvalue weighted by Crippen LogP contribution is 2.34. The van der Waals surface area contributed by atoms with Gasteiger partial charge < -0.3 is 10.2 Å². The van der Waals surface area contributed by atoms with E-state index < -0.39 is 0 Å². The molecule has 2 atom stereocenters. The molecule has 5 nitrogen and oxygen atoms in total. The van der Waals surface area contributed by atoms with E-state index in [2.05, 4.69) is 47.3 Å². The van der Waals surface area contributed by atoms with E-state index in [0.717, 1.165) is 33.8 Å². The van der Waals surface area contributed by atoms with Gasteiger partial charge in [0.2, 0.25) is 5.91 Å². The maximum absolute atomic E-state index is 12.8. The number of likely N-dealkylation sites (tertiary alicyclic amines) is 1. The van der Waals surface area contributed by atoms with E-state index in [9.17, 15) is 4.79 Å². The molecule has 4 rings (SSSR count). The van der Waals surface area contributed by atoms with Crippen molar-refractivity contribution < 1.29 is 4.79 Å². The normalized spacial score (nSPS) is 20.0. The second-order valence-electron chi connectivity index (χ2n) is 7.20. The minimum Gasteiger partial charge on any atom is -0.360 e. The zero-order chi connectivity index (χ0) is 18.8. The third-order valence-electron chi connectivity index (χ3n) is 5.28. The Balaban J connectivity index is 1.54. The van der Waals surface area contributed by atoms with Gasteiger partial charge in [-0.3, -0.25) is 4.79 Å². The molecule has 1 N–H and O–H groups in total. The molecular weight excluding hydrogens is 356 g/mol. The summed E-state index contributed by atoms with van der Waals surface area (Å²) in [7, 11) is 0. The molecule has 0 spiro atoms. The molecule has 0 radical (unpaired) electrons. The SMILES string of the molecule is CC1CCCC(C)N1C(=O)CNc1ncnc2sc(-c3ccccc3)cc12. The first-order chi connectivity index (χ1) is 13.1. The Morgan fingerprint density at radius 3 is 2.67 bits per heavy atom. The van der Waals surface area contributed by atoms with Gasteiger partial charge in [0.25, 0.3) is 0 Å². The van der Waals surface area contributed by atoms with Crippen molar-refractivity contribution in [3.8, 4) is 10.4 Å². The maximum atomic E-state index is 12.8. The van der Waals surface area contributed by atoms with Crippen LogP contribution in [0, 0.1) is 0 Å². The van der Waals surface area contributed by atoms with Gasteiger partial charge in [-0.15, -0.1) is 11.3 Å². The summed E-state index contributed by atoms with van der Waals surface area (Å²) in [4.78, 5) is 25.7. The molecule has 27 heavy (non-hydrogen) atoms. The Bertz CT molecular complexity index is 930. The molecular formula is C21H24N4OS. The second-order valence-corrected chi connectivity index (χ2v) is 8.23. The monoisotopic (exact) mass is 380 g/mol. The number of nitrogens with zero attached hydrogens (tertiary/aromatic N) is 3. The molecule has 1 amide bonds. The lowest BCUT2D eigenvalue weighted by atomic mass is 9.97. The third-order valence-corrected chi connectivity index (χ3v) is 6.37. The van der Waals surface area contributed by atoms with E-state index in [-0.39, 0.29) is 12.5 Å². The molecule has 6 heteroatoms.